The van der Waals surface area contributed by atoms with Crippen molar-refractivity contribution in [1.82, 2.24) is 0 Å². The van der Waals surface area contributed by atoms with Gasteiger partial charge < -0.3 is 9.47 Å². The molecule has 0 bridgehead atoms. The fourth-order valence-electron chi connectivity index (χ4n) is 2.73. The molecule has 2 rings (SSSR count). The lowest BCUT2D eigenvalue weighted by Crippen LogP contribution is -2.43. The molecule has 0 aromatic heterocycles. The molecule has 2 heteroatoms. The zero-order chi connectivity index (χ0) is 9.47. The zero-order valence-corrected chi connectivity index (χ0v) is 8.88. The molecule has 2 aliphatic rings. The summed E-state index contributed by atoms with van der Waals surface area (Å²) >= 11 is 0. The molecule has 0 saturated carbocycles. The summed E-state index contributed by atoms with van der Waals surface area (Å²) in [5, 5.41) is 0. The Labute approximate surface area is 80.6 Å². The minimum absolute atomic E-state index is 0.225. The standard InChI is InChI=1S/C11H20O2/c1-8-7-10(3)13-11(8)6-4-5-9(2)12-11/h8-10H,4-7H2,1-3H3/t8-,9-,10+,11+/m1/s1. The van der Waals surface area contributed by atoms with Crippen LogP contribution in [0.2, 0.25) is 0 Å². The highest BCUT2D eigenvalue weighted by Crippen LogP contribution is 2.44. The molecular weight excluding hydrogens is 164 g/mol. The maximum Gasteiger partial charge on any atom is 0.171 e. The molecule has 2 fully saturated rings. The molecule has 0 amide bonds. The topological polar surface area (TPSA) is 18.5 Å². The van der Waals surface area contributed by atoms with Gasteiger partial charge in [0, 0.05) is 12.3 Å². The van der Waals surface area contributed by atoms with Crippen LogP contribution in [0.1, 0.15) is 46.5 Å². The SMILES string of the molecule is C[C@@H]1CCC[C@]2(O1)O[C@@H](C)C[C@H]2C. The number of rotatable bonds is 0. The van der Waals surface area contributed by atoms with E-state index in [4.69, 9.17) is 9.47 Å². The fourth-order valence-corrected chi connectivity index (χ4v) is 2.73. The normalized spacial score (nSPS) is 51.5. The third-order valence-corrected chi connectivity index (χ3v) is 3.37. The van der Waals surface area contributed by atoms with Crippen molar-refractivity contribution in [3.63, 3.8) is 0 Å². The van der Waals surface area contributed by atoms with Crippen LogP contribution in [0.5, 0.6) is 0 Å². The molecule has 0 N–H and O–H groups in total. The number of hydrogen-bond donors (Lipinski definition) is 0. The highest BCUT2D eigenvalue weighted by molar-refractivity contribution is 4.88. The van der Waals surface area contributed by atoms with Crippen molar-refractivity contribution in [3.8, 4) is 0 Å². The van der Waals surface area contributed by atoms with Crippen LogP contribution >= 0.6 is 0 Å². The van der Waals surface area contributed by atoms with Gasteiger partial charge in [0.15, 0.2) is 5.79 Å². The van der Waals surface area contributed by atoms with E-state index in [0.717, 1.165) is 12.8 Å². The van der Waals surface area contributed by atoms with Gasteiger partial charge in [-0.3, -0.25) is 0 Å². The van der Waals surface area contributed by atoms with E-state index < -0.39 is 0 Å². The quantitative estimate of drug-likeness (QED) is 0.576. The van der Waals surface area contributed by atoms with Crippen molar-refractivity contribution in [1.29, 1.82) is 0 Å². The smallest absolute Gasteiger partial charge is 0.171 e. The second kappa shape index (κ2) is 3.25. The Bertz CT molecular complexity index is 193. The molecule has 2 heterocycles. The molecule has 0 radical (unpaired) electrons. The van der Waals surface area contributed by atoms with Gasteiger partial charge >= 0.3 is 0 Å². The van der Waals surface area contributed by atoms with E-state index in [1.807, 2.05) is 0 Å². The molecule has 2 saturated heterocycles. The molecule has 13 heavy (non-hydrogen) atoms. The van der Waals surface area contributed by atoms with Gasteiger partial charge in [-0.1, -0.05) is 6.92 Å². The molecular formula is C11H20O2. The first-order valence-corrected chi connectivity index (χ1v) is 5.48. The van der Waals surface area contributed by atoms with Crippen LogP contribution in [0.3, 0.4) is 0 Å². The molecule has 0 aliphatic carbocycles. The van der Waals surface area contributed by atoms with Gasteiger partial charge in [0.25, 0.3) is 0 Å². The van der Waals surface area contributed by atoms with Gasteiger partial charge in [-0.15, -0.1) is 0 Å². The molecule has 0 aromatic carbocycles. The Morgan fingerprint density at radius 1 is 1.08 bits per heavy atom. The van der Waals surface area contributed by atoms with Crippen molar-refractivity contribution in [2.45, 2.75) is 64.4 Å². The van der Waals surface area contributed by atoms with Crippen LogP contribution in [0, 0.1) is 5.92 Å². The van der Waals surface area contributed by atoms with Gasteiger partial charge in [-0.05, 0) is 33.1 Å². The number of hydrogen-bond acceptors (Lipinski definition) is 2. The zero-order valence-electron chi connectivity index (χ0n) is 8.88. The van der Waals surface area contributed by atoms with E-state index in [1.54, 1.807) is 0 Å². The summed E-state index contributed by atoms with van der Waals surface area (Å²) in [5.74, 6) is 0.335. The number of ether oxygens (including phenoxy) is 2. The second-order valence-corrected chi connectivity index (χ2v) is 4.70. The maximum atomic E-state index is 6.00. The Morgan fingerprint density at radius 3 is 2.31 bits per heavy atom. The van der Waals surface area contributed by atoms with Crippen molar-refractivity contribution < 1.29 is 9.47 Å². The van der Waals surface area contributed by atoms with Gasteiger partial charge in [0.2, 0.25) is 0 Å². The average Bonchev–Trinajstić information content (AvgIpc) is 2.26. The highest BCUT2D eigenvalue weighted by atomic mass is 16.7. The summed E-state index contributed by atoms with van der Waals surface area (Å²) in [5.41, 5.74) is 0. The lowest BCUT2D eigenvalue weighted by atomic mass is 9.91. The van der Waals surface area contributed by atoms with Crippen LogP contribution in [0.4, 0.5) is 0 Å². The Morgan fingerprint density at radius 2 is 1.77 bits per heavy atom. The lowest BCUT2D eigenvalue weighted by molar-refractivity contribution is -0.279. The Hall–Kier alpha value is -0.0800. The molecule has 4 atom stereocenters. The monoisotopic (exact) mass is 184 g/mol. The van der Waals surface area contributed by atoms with Crippen LogP contribution in [0.15, 0.2) is 0 Å². The molecule has 1 spiro atoms. The third-order valence-electron chi connectivity index (χ3n) is 3.37. The minimum atomic E-state index is -0.225. The lowest BCUT2D eigenvalue weighted by Gasteiger charge is -2.39. The predicted octanol–water partition coefficient (Wildman–Crippen LogP) is 2.72. The summed E-state index contributed by atoms with van der Waals surface area (Å²) < 4.78 is 11.9. The first-order chi connectivity index (χ1) is 6.12. The van der Waals surface area contributed by atoms with E-state index in [-0.39, 0.29) is 5.79 Å². The summed E-state index contributed by atoms with van der Waals surface area (Å²) in [4.78, 5) is 0. The predicted molar refractivity (Wildman–Crippen MR) is 51.5 cm³/mol. The van der Waals surface area contributed by atoms with Gasteiger partial charge in [0.1, 0.15) is 0 Å². The first kappa shape index (κ1) is 9.47. The summed E-state index contributed by atoms with van der Waals surface area (Å²) in [7, 11) is 0. The van der Waals surface area contributed by atoms with E-state index in [1.165, 1.54) is 12.8 Å². The molecule has 2 aliphatic heterocycles. The van der Waals surface area contributed by atoms with Crippen LogP contribution in [-0.2, 0) is 9.47 Å². The van der Waals surface area contributed by atoms with Crippen LogP contribution in [-0.4, -0.2) is 18.0 Å². The molecule has 76 valence electrons. The van der Waals surface area contributed by atoms with Crippen molar-refractivity contribution in [2.24, 2.45) is 5.92 Å². The molecule has 0 aromatic rings. The van der Waals surface area contributed by atoms with E-state index in [2.05, 4.69) is 20.8 Å². The summed E-state index contributed by atoms with van der Waals surface area (Å²) in [6, 6.07) is 0. The third kappa shape index (κ3) is 1.62. The Balaban J connectivity index is 2.10. The van der Waals surface area contributed by atoms with Crippen molar-refractivity contribution in [2.75, 3.05) is 0 Å². The Kier molecular flexibility index (Phi) is 2.37. The van der Waals surface area contributed by atoms with Crippen molar-refractivity contribution in [3.05, 3.63) is 0 Å². The van der Waals surface area contributed by atoms with Gasteiger partial charge in [0.05, 0.1) is 12.2 Å². The molecule has 0 unspecified atom stereocenters. The first-order valence-electron chi connectivity index (χ1n) is 5.48. The van der Waals surface area contributed by atoms with Crippen molar-refractivity contribution >= 4 is 0 Å². The summed E-state index contributed by atoms with van der Waals surface area (Å²) in [6.45, 7) is 6.55. The summed E-state index contributed by atoms with van der Waals surface area (Å²) in [6.07, 6.45) is 5.42. The minimum Gasteiger partial charge on any atom is -0.347 e. The van der Waals surface area contributed by atoms with E-state index >= 15 is 0 Å². The molecule has 2 nitrogen and oxygen atoms in total. The highest BCUT2D eigenvalue weighted by Gasteiger charge is 2.48. The van der Waals surface area contributed by atoms with Crippen LogP contribution in [0.25, 0.3) is 0 Å². The van der Waals surface area contributed by atoms with E-state index in [9.17, 15) is 0 Å². The second-order valence-electron chi connectivity index (χ2n) is 4.70. The fraction of sp³-hybridized carbons (Fsp3) is 1.00. The van der Waals surface area contributed by atoms with E-state index in [0.29, 0.717) is 18.1 Å². The largest absolute Gasteiger partial charge is 0.347 e. The van der Waals surface area contributed by atoms with Gasteiger partial charge in [-0.2, -0.15) is 0 Å². The van der Waals surface area contributed by atoms with Gasteiger partial charge in [-0.25, -0.2) is 0 Å². The average molecular weight is 184 g/mol. The maximum absolute atomic E-state index is 6.00. The van der Waals surface area contributed by atoms with Crippen LogP contribution < -0.4 is 0 Å².